The maximum Gasteiger partial charge on any atom is 0.240 e. The number of aromatic nitrogens is 4. The molecule has 0 radical (unpaired) electrons. The number of carbonyl (C=O) groups excluding carboxylic acids is 1. The molecule has 0 saturated heterocycles. The van der Waals surface area contributed by atoms with Gasteiger partial charge in [0.05, 0.1) is 0 Å². The van der Waals surface area contributed by atoms with Crippen LogP contribution in [-0.4, -0.2) is 31.5 Å². The number of hydrogen-bond donors (Lipinski definition) is 1. The number of alkyl halides is 1. The number of nitrogens with one attached hydrogen (secondary N) is 1. The second kappa shape index (κ2) is 6.21. The van der Waals surface area contributed by atoms with Crippen molar-refractivity contribution >= 4 is 23.3 Å². The number of rotatable bonds is 4. The molecule has 8 heteroatoms. The molecule has 0 fully saturated rings. The highest BCUT2D eigenvalue weighted by molar-refractivity contribution is 6.29. The lowest BCUT2D eigenvalue weighted by atomic mass is 10.4. The molecule has 0 saturated carbocycles. The Morgan fingerprint density at radius 3 is 2.74 bits per heavy atom. The van der Waals surface area contributed by atoms with E-state index in [0.29, 0.717) is 23.2 Å². The molecule has 0 aliphatic rings. The highest BCUT2D eigenvalue weighted by atomic mass is 35.5. The Kier molecular flexibility index (Phi) is 4.12. The van der Waals surface area contributed by atoms with Gasteiger partial charge in [-0.15, -0.1) is 11.6 Å². The normalized spacial score (nSPS) is 10.7. The minimum Gasteiger partial charge on any atom is -0.458 e. The summed E-state index contributed by atoms with van der Waals surface area (Å²) >= 11 is 5.54. The van der Waals surface area contributed by atoms with E-state index in [4.69, 9.17) is 16.0 Å². The van der Waals surface area contributed by atoms with Crippen LogP contribution in [-0.2, 0) is 4.79 Å². The van der Waals surface area contributed by atoms with Gasteiger partial charge < -0.3 is 9.73 Å². The Morgan fingerprint density at radius 2 is 2.13 bits per heavy atom. The van der Waals surface area contributed by atoms with Crippen LogP contribution in [0.25, 0.3) is 17.4 Å². The molecule has 7 nitrogen and oxygen atoms in total. The molecule has 0 aliphatic carbocycles. The van der Waals surface area contributed by atoms with Gasteiger partial charge in [0.25, 0.3) is 0 Å². The molecule has 3 rings (SSSR count). The molecule has 0 unspecified atom stereocenters. The van der Waals surface area contributed by atoms with E-state index in [1.165, 1.54) is 0 Å². The Balaban J connectivity index is 2.10. The molecular weight excluding hydrogens is 318 g/mol. The van der Waals surface area contributed by atoms with E-state index < -0.39 is 0 Å². The molecule has 0 bridgehead atoms. The van der Waals surface area contributed by atoms with Crippen LogP contribution < -0.4 is 5.32 Å². The topological polar surface area (TPSA) is 85.8 Å². The number of amides is 1. The number of aryl methyl sites for hydroxylation is 2. The number of carbonyl (C=O) groups is 1. The molecule has 0 aliphatic heterocycles. The summed E-state index contributed by atoms with van der Waals surface area (Å²) in [7, 11) is 0. The third-order valence-corrected chi connectivity index (χ3v) is 3.35. The first-order valence-electron chi connectivity index (χ1n) is 6.89. The van der Waals surface area contributed by atoms with Crippen molar-refractivity contribution < 1.29 is 9.21 Å². The Hall–Kier alpha value is -2.67. The van der Waals surface area contributed by atoms with Gasteiger partial charge in [-0.05, 0) is 32.0 Å². The molecule has 3 aromatic rings. The summed E-state index contributed by atoms with van der Waals surface area (Å²) in [4.78, 5) is 20.3. The molecule has 3 aromatic heterocycles. The van der Waals surface area contributed by atoms with Gasteiger partial charge in [0.1, 0.15) is 17.5 Å². The van der Waals surface area contributed by atoms with E-state index >= 15 is 0 Å². The second-order valence-electron chi connectivity index (χ2n) is 4.91. The van der Waals surface area contributed by atoms with Gasteiger partial charge in [-0.3, -0.25) is 4.79 Å². The Morgan fingerprint density at radius 1 is 1.30 bits per heavy atom. The first-order chi connectivity index (χ1) is 11.1. The van der Waals surface area contributed by atoms with E-state index in [0.717, 1.165) is 11.5 Å². The van der Waals surface area contributed by atoms with E-state index in [9.17, 15) is 4.79 Å². The van der Waals surface area contributed by atoms with Gasteiger partial charge in [0.2, 0.25) is 5.91 Å². The van der Waals surface area contributed by atoms with Gasteiger partial charge in [-0.2, -0.15) is 5.10 Å². The average Bonchev–Trinajstić information content (AvgIpc) is 3.15. The third kappa shape index (κ3) is 3.24. The Labute approximate surface area is 137 Å². The van der Waals surface area contributed by atoms with E-state index in [-0.39, 0.29) is 11.8 Å². The van der Waals surface area contributed by atoms with Crippen molar-refractivity contribution in [2.75, 3.05) is 11.2 Å². The number of anilines is 1. The smallest absolute Gasteiger partial charge is 0.240 e. The van der Waals surface area contributed by atoms with Crippen LogP contribution in [0.1, 0.15) is 11.5 Å². The Bertz CT molecular complexity index is 855. The van der Waals surface area contributed by atoms with Crippen LogP contribution >= 0.6 is 11.6 Å². The lowest BCUT2D eigenvalue weighted by molar-refractivity contribution is -0.113. The molecule has 0 atom stereocenters. The van der Waals surface area contributed by atoms with Gasteiger partial charge in [0.15, 0.2) is 17.4 Å². The van der Waals surface area contributed by atoms with E-state index in [1.807, 2.05) is 26.0 Å². The number of nitrogens with zero attached hydrogens (tertiary/aromatic N) is 4. The summed E-state index contributed by atoms with van der Waals surface area (Å²) in [6.45, 7) is 3.74. The fraction of sp³-hybridized carbons (Fsp3) is 0.200. The van der Waals surface area contributed by atoms with Crippen LogP contribution in [0.2, 0.25) is 0 Å². The molecule has 1 N–H and O–H groups in total. The average molecular weight is 332 g/mol. The van der Waals surface area contributed by atoms with E-state index in [2.05, 4.69) is 20.4 Å². The second-order valence-corrected chi connectivity index (χ2v) is 5.18. The first kappa shape index (κ1) is 15.2. The largest absolute Gasteiger partial charge is 0.458 e. The maximum atomic E-state index is 11.5. The van der Waals surface area contributed by atoms with Gasteiger partial charge in [-0.1, -0.05) is 0 Å². The number of hydrogen-bond acceptors (Lipinski definition) is 5. The predicted molar refractivity (Wildman–Crippen MR) is 85.7 cm³/mol. The lowest BCUT2D eigenvalue weighted by Gasteiger charge is -2.09. The number of furan rings is 1. The molecule has 0 spiro atoms. The molecule has 3 heterocycles. The van der Waals surface area contributed by atoms with Crippen molar-refractivity contribution in [1.29, 1.82) is 0 Å². The van der Waals surface area contributed by atoms with Crippen LogP contribution in [0.3, 0.4) is 0 Å². The van der Waals surface area contributed by atoms with Crippen molar-refractivity contribution in [2.45, 2.75) is 13.8 Å². The number of halogens is 1. The van der Waals surface area contributed by atoms with Crippen molar-refractivity contribution in [2.24, 2.45) is 0 Å². The van der Waals surface area contributed by atoms with Crippen LogP contribution in [0.5, 0.6) is 0 Å². The highest BCUT2D eigenvalue weighted by Crippen LogP contribution is 2.22. The molecule has 0 aromatic carbocycles. The minimum absolute atomic E-state index is 0.157. The van der Waals surface area contributed by atoms with Gasteiger partial charge in [0, 0.05) is 18.0 Å². The molecular formula is C15H14ClN5O2. The van der Waals surface area contributed by atoms with Crippen LogP contribution in [0, 0.1) is 13.8 Å². The standard InChI is InChI=1S/C15H14ClN5O2/c1-9-5-6-17-21(9)13-7-12(18-14(22)8-16)19-15(20-13)11-4-3-10(2)23-11/h3-7H,8H2,1-2H3,(H,18,19,20,22). The molecule has 118 valence electrons. The summed E-state index contributed by atoms with van der Waals surface area (Å²) in [6.07, 6.45) is 1.67. The van der Waals surface area contributed by atoms with Crippen LogP contribution in [0.15, 0.2) is 34.9 Å². The monoisotopic (exact) mass is 331 g/mol. The third-order valence-electron chi connectivity index (χ3n) is 3.11. The quantitative estimate of drug-likeness (QED) is 0.743. The summed E-state index contributed by atoms with van der Waals surface area (Å²) in [6, 6.07) is 7.08. The van der Waals surface area contributed by atoms with Crippen molar-refractivity contribution in [1.82, 2.24) is 19.7 Å². The summed E-state index contributed by atoms with van der Waals surface area (Å²) in [5, 5.41) is 6.85. The van der Waals surface area contributed by atoms with Crippen molar-refractivity contribution in [3.8, 4) is 17.4 Å². The fourth-order valence-electron chi connectivity index (χ4n) is 2.06. The maximum absolute atomic E-state index is 11.5. The van der Waals surface area contributed by atoms with Crippen LogP contribution in [0.4, 0.5) is 5.82 Å². The zero-order valence-electron chi connectivity index (χ0n) is 12.6. The SMILES string of the molecule is Cc1ccc(-c2nc(NC(=O)CCl)cc(-n3nccc3C)n2)o1. The molecule has 23 heavy (non-hydrogen) atoms. The zero-order chi connectivity index (χ0) is 16.4. The van der Waals surface area contributed by atoms with Gasteiger partial charge in [-0.25, -0.2) is 14.6 Å². The predicted octanol–water partition coefficient (Wildman–Crippen LogP) is 2.72. The van der Waals surface area contributed by atoms with Gasteiger partial charge >= 0.3 is 0 Å². The highest BCUT2D eigenvalue weighted by Gasteiger charge is 2.14. The zero-order valence-corrected chi connectivity index (χ0v) is 13.3. The molecule has 1 amide bonds. The summed E-state index contributed by atoms with van der Waals surface area (Å²) in [5.74, 6) is 1.96. The lowest BCUT2D eigenvalue weighted by Crippen LogP contribution is -2.15. The first-order valence-corrected chi connectivity index (χ1v) is 7.43. The fourth-order valence-corrected chi connectivity index (χ4v) is 2.12. The van der Waals surface area contributed by atoms with E-state index in [1.54, 1.807) is 23.0 Å². The van der Waals surface area contributed by atoms with Crippen molar-refractivity contribution in [3.63, 3.8) is 0 Å². The summed E-state index contributed by atoms with van der Waals surface area (Å²) < 4.78 is 7.22. The minimum atomic E-state index is -0.352. The van der Waals surface area contributed by atoms with Crippen molar-refractivity contribution in [3.05, 3.63) is 41.9 Å². The summed E-state index contributed by atoms with van der Waals surface area (Å²) in [5.41, 5.74) is 0.903.